The molecule has 0 atom stereocenters. The van der Waals surface area contributed by atoms with Crippen LogP contribution in [0.25, 0.3) is 0 Å². The molecule has 0 spiro atoms. The van der Waals surface area contributed by atoms with Gasteiger partial charge in [0.1, 0.15) is 5.75 Å². The molecule has 0 radical (unpaired) electrons. The van der Waals surface area contributed by atoms with Crippen LogP contribution in [0.3, 0.4) is 0 Å². The second-order valence-corrected chi connectivity index (χ2v) is 6.03. The zero-order valence-corrected chi connectivity index (χ0v) is 14.1. The van der Waals surface area contributed by atoms with Gasteiger partial charge in [0.15, 0.2) is 6.61 Å². The highest BCUT2D eigenvalue weighted by atomic mass is 16.5. The van der Waals surface area contributed by atoms with Gasteiger partial charge in [-0.25, -0.2) is 0 Å². The Bertz CT molecular complexity index is 626. The molecule has 136 valence electrons. The lowest BCUT2D eigenvalue weighted by Gasteiger charge is -2.42. The summed E-state index contributed by atoms with van der Waals surface area (Å²) in [6, 6.07) is 6.68. The van der Waals surface area contributed by atoms with E-state index in [-0.39, 0.29) is 31.1 Å². The number of carbonyl (C=O) groups excluding carboxylic acids is 2. The average molecular weight is 349 g/mol. The number of carbonyl (C=O) groups is 3. The molecule has 2 rings (SSSR count). The summed E-state index contributed by atoms with van der Waals surface area (Å²) in [6.45, 7) is 2.41. The van der Waals surface area contributed by atoms with Crippen LogP contribution in [0.5, 0.6) is 5.75 Å². The van der Waals surface area contributed by atoms with E-state index in [1.807, 2.05) is 11.8 Å². The zero-order valence-electron chi connectivity index (χ0n) is 14.1. The van der Waals surface area contributed by atoms with E-state index in [2.05, 4.69) is 5.32 Å². The fraction of sp³-hybridized carbons (Fsp3) is 0.471. The van der Waals surface area contributed by atoms with Gasteiger partial charge in [0.2, 0.25) is 0 Å². The van der Waals surface area contributed by atoms with Crippen LogP contribution in [0.1, 0.15) is 30.1 Å². The van der Waals surface area contributed by atoms with Crippen molar-refractivity contribution in [3.8, 4) is 5.75 Å². The first kappa shape index (κ1) is 18.7. The van der Waals surface area contributed by atoms with Gasteiger partial charge in [-0.1, -0.05) is 6.92 Å². The summed E-state index contributed by atoms with van der Waals surface area (Å²) in [5.41, 5.74) is 5.49. The molecule has 0 aromatic heterocycles. The van der Waals surface area contributed by atoms with E-state index >= 15 is 0 Å². The van der Waals surface area contributed by atoms with Crippen molar-refractivity contribution in [2.24, 2.45) is 5.73 Å². The number of amides is 2. The summed E-state index contributed by atoms with van der Waals surface area (Å²) in [5, 5.41) is 11.8. The van der Waals surface area contributed by atoms with E-state index in [9.17, 15) is 14.4 Å². The van der Waals surface area contributed by atoms with Gasteiger partial charge in [0.05, 0.1) is 6.54 Å². The van der Waals surface area contributed by atoms with E-state index in [0.29, 0.717) is 17.9 Å². The van der Waals surface area contributed by atoms with Crippen molar-refractivity contribution in [1.29, 1.82) is 0 Å². The van der Waals surface area contributed by atoms with E-state index in [1.54, 1.807) is 24.3 Å². The first-order valence-corrected chi connectivity index (χ1v) is 8.17. The average Bonchev–Trinajstić information content (AvgIpc) is 2.54. The number of carboxylic acid groups (broad SMARTS) is 1. The highest BCUT2D eigenvalue weighted by molar-refractivity contribution is 5.94. The number of benzene rings is 1. The van der Waals surface area contributed by atoms with E-state index < -0.39 is 11.9 Å². The highest BCUT2D eigenvalue weighted by Crippen LogP contribution is 2.26. The molecule has 25 heavy (non-hydrogen) atoms. The van der Waals surface area contributed by atoms with Gasteiger partial charge in [0, 0.05) is 17.6 Å². The van der Waals surface area contributed by atoms with Crippen LogP contribution in [-0.2, 0) is 9.59 Å². The van der Waals surface area contributed by atoms with Gasteiger partial charge in [-0.2, -0.15) is 0 Å². The third kappa shape index (κ3) is 5.46. The lowest BCUT2D eigenvalue weighted by atomic mass is 9.85. The molecule has 1 aliphatic rings. The lowest BCUT2D eigenvalue weighted by molar-refractivity contribution is -0.139. The van der Waals surface area contributed by atoms with Crippen molar-refractivity contribution < 1.29 is 24.2 Å². The SMILES string of the molecule is CCN(CC(=O)O)C1CC(NC(=O)c2ccc(OCC(N)=O)cc2)C1. The van der Waals surface area contributed by atoms with Crippen LogP contribution < -0.4 is 15.8 Å². The summed E-state index contributed by atoms with van der Waals surface area (Å²) in [4.78, 5) is 35.6. The Labute approximate surface area is 145 Å². The minimum Gasteiger partial charge on any atom is -0.484 e. The number of aliphatic carboxylic acids is 1. The maximum atomic E-state index is 12.2. The number of nitrogens with one attached hydrogen (secondary N) is 1. The minimum atomic E-state index is -0.840. The van der Waals surface area contributed by atoms with Crippen molar-refractivity contribution >= 4 is 17.8 Å². The van der Waals surface area contributed by atoms with Crippen molar-refractivity contribution in [1.82, 2.24) is 10.2 Å². The second kappa shape index (κ2) is 8.48. The summed E-state index contributed by atoms with van der Waals surface area (Å²) in [5.74, 6) is -1.13. The van der Waals surface area contributed by atoms with E-state index in [4.69, 9.17) is 15.6 Å². The molecule has 0 unspecified atom stereocenters. The Kier molecular flexibility index (Phi) is 6.35. The molecule has 0 heterocycles. The van der Waals surface area contributed by atoms with Gasteiger partial charge >= 0.3 is 5.97 Å². The number of primary amides is 1. The first-order valence-electron chi connectivity index (χ1n) is 8.17. The van der Waals surface area contributed by atoms with Crippen LogP contribution >= 0.6 is 0 Å². The summed E-state index contributed by atoms with van der Waals surface area (Å²) < 4.78 is 5.14. The van der Waals surface area contributed by atoms with E-state index in [1.165, 1.54) is 0 Å². The third-order valence-electron chi connectivity index (χ3n) is 4.21. The number of ether oxygens (including phenoxy) is 1. The molecule has 8 nitrogen and oxygen atoms in total. The number of hydrogen-bond donors (Lipinski definition) is 3. The second-order valence-electron chi connectivity index (χ2n) is 6.03. The van der Waals surface area contributed by atoms with Crippen molar-refractivity contribution in [3.63, 3.8) is 0 Å². The molecule has 1 aromatic carbocycles. The Morgan fingerprint density at radius 3 is 2.44 bits per heavy atom. The monoisotopic (exact) mass is 349 g/mol. The van der Waals surface area contributed by atoms with Gasteiger partial charge in [0.25, 0.3) is 11.8 Å². The van der Waals surface area contributed by atoms with Crippen LogP contribution in [0.4, 0.5) is 0 Å². The van der Waals surface area contributed by atoms with Crippen molar-refractivity contribution in [3.05, 3.63) is 29.8 Å². The molecule has 1 aromatic rings. The van der Waals surface area contributed by atoms with Gasteiger partial charge in [-0.05, 0) is 43.7 Å². The smallest absolute Gasteiger partial charge is 0.317 e. The summed E-state index contributed by atoms with van der Waals surface area (Å²) >= 11 is 0. The molecule has 1 fully saturated rings. The van der Waals surface area contributed by atoms with Gasteiger partial charge in [-0.15, -0.1) is 0 Å². The minimum absolute atomic E-state index is 0.0224. The number of likely N-dealkylation sites (N-methyl/N-ethyl adjacent to an activating group) is 1. The van der Waals surface area contributed by atoms with Gasteiger partial charge in [-0.3, -0.25) is 19.3 Å². The summed E-state index contributed by atoms with van der Waals surface area (Å²) in [6.07, 6.45) is 1.49. The predicted octanol–water partition coefficient (Wildman–Crippen LogP) is 0.218. The fourth-order valence-corrected chi connectivity index (χ4v) is 2.80. The largest absolute Gasteiger partial charge is 0.484 e. The van der Waals surface area contributed by atoms with Crippen molar-refractivity contribution in [2.75, 3.05) is 19.7 Å². The van der Waals surface area contributed by atoms with Crippen LogP contribution in [0.2, 0.25) is 0 Å². The predicted molar refractivity (Wildman–Crippen MR) is 90.3 cm³/mol. The molecule has 8 heteroatoms. The van der Waals surface area contributed by atoms with Crippen molar-refractivity contribution in [2.45, 2.75) is 31.8 Å². The van der Waals surface area contributed by atoms with Crippen LogP contribution in [-0.4, -0.2) is 59.6 Å². The normalized spacial score (nSPS) is 19.1. The summed E-state index contributed by atoms with van der Waals surface area (Å²) in [7, 11) is 0. The maximum absolute atomic E-state index is 12.2. The Hall–Kier alpha value is -2.61. The standard InChI is InChI=1S/C17H23N3O5/c1-2-20(9-16(22)23)13-7-12(8-13)19-17(24)11-3-5-14(6-4-11)25-10-15(18)21/h3-6,12-13H,2,7-10H2,1H3,(H2,18,21)(H,19,24)(H,22,23). The number of rotatable bonds is 9. The fourth-order valence-electron chi connectivity index (χ4n) is 2.80. The maximum Gasteiger partial charge on any atom is 0.317 e. The molecular formula is C17H23N3O5. The number of hydrogen-bond acceptors (Lipinski definition) is 5. The first-order chi connectivity index (χ1) is 11.9. The topological polar surface area (TPSA) is 122 Å². The van der Waals surface area contributed by atoms with E-state index in [0.717, 1.165) is 12.8 Å². The molecule has 1 saturated carbocycles. The molecule has 0 saturated heterocycles. The lowest BCUT2D eigenvalue weighted by Crippen LogP contribution is -2.54. The number of nitrogens with zero attached hydrogens (tertiary/aromatic N) is 1. The van der Waals surface area contributed by atoms with Gasteiger partial charge < -0.3 is 20.9 Å². The molecule has 4 N–H and O–H groups in total. The zero-order chi connectivity index (χ0) is 18.4. The van der Waals surface area contributed by atoms with Crippen LogP contribution in [0.15, 0.2) is 24.3 Å². The number of carboxylic acids is 1. The molecule has 0 aliphatic heterocycles. The van der Waals surface area contributed by atoms with Crippen LogP contribution in [0, 0.1) is 0 Å². The Balaban J connectivity index is 1.79. The third-order valence-corrected chi connectivity index (χ3v) is 4.21. The molecule has 2 amide bonds. The Morgan fingerprint density at radius 1 is 1.28 bits per heavy atom. The molecule has 0 bridgehead atoms. The quantitative estimate of drug-likeness (QED) is 0.586. The molecule has 1 aliphatic carbocycles. The highest BCUT2D eigenvalue weighted by Gasteiger charge is 2.34. The molecular weight excluding hydrogens is 326 g/mol. The Morgan fingerprint density at radius 2 is 1.92 bits per heavy atom. The number of nitrogens with two attached hydrogens (primary N) is 1.